The van der Waals surface area contributed by atoms with Crippen molar-refractivity contribution in [3.8, 4) is 0 Å². The maximum absolute atomic E-state index is 12.9. The third kappa shape index (κ3) is 1.01. The first kappa shape index (κ1) is 6.73. The molecular weight excluding hydrogens is 166 g/mol. The minimum absolute atomic E-state index is 0.477. The number of fused-ring (bicyclic) bond motifs is 1. The lowest BCUT2D eigenvalue weighted by molar-refractivity contribution is 0.593. The van der Waals surface area contributed by atoms with Gasteiger partial charge in [0.05, 0.1) is 4.70 Å². The van der Waals surface area contributed by atoms with E-state index in [1.54, 1.807) is 11.4 Å². The molecular formula is C8H4F2S. The lowest BCUT2D eigenvalue weighted by Crippen LogP contribution is -1.77. The lowest BCUT2D eigenvalue weighted by Gasteiger charge is -1.91. The van der Waals surface area contributed by atoms with Gasteiger partial charge >= 0.3 is 0 Å². The average molecular weight is 170 g/mol. The van der Waals surface area contributed by atoms with Gasteiger partial charge < -0.3 is 0 Å². The number of hydrogen-bond acceptors (Lipinski definition) is 1. The molecule has 0 aliphatic heterocycles. The van der Waals surface area contributed by atoms with E-state index in [9.17, 15) is 8.78 Å². The zero-order valence-electron chi connectivity index (χ0n) is 5.47. The van der Waals surface area contributed by atoms with Gasteiger partial charge in [0, 0.05) is 6.07 Å². The van der Waals surface area contributed by atoms with Crippen LogP contribution in [0.4, 0.5) is 8.78 Å². The molecule has 0 N–H and O–H groups in total. The SMILES string of the molecule is Fc1cc(F)c2sccc2c1. The van der Waals surface area contributed by atoms with Crippen molar-refractivity contribution in [2.75, 3.05) is 0 Å². The van der Waals surface area contributed by atoms with Crippen LogP contribution in [0.3, 0.4) is 0 Å². The Bertz CT molecular complexity index is 392. The second-order valence-electron chi connectivity index (χ2n) is 2.23. The largest absolute Gasteiger partial charge is 0.207 e. The fourth-order valence-electron chi connectivity index (χ4n) is 1.00. The zero-order valence-corrected chi connectivity index (χ0v) is 6.29. The fraction of sp³-hybridized carbons (Fsp3) is 0. The Hall–Kier alpha value is -0.960. The Kier molecular flexibility index (Phi) is 1.39. The van der Waals surface area contributed by atoms with Crippen LogP contribution in [0.25, 0.3) is 10.1 Å². The van der Waals surface area contributed by atoms with Crippen LogP contribution >= 0.6 is 11.3 Å². The van der Waals surface area contributed by atoms with E-state index in [1.165, 1.54) is 17.4 Å². The van der Waals surface area contributed by atoms with Crippen LogP contribution in [0.2, 0.25) is 0 Å². The predicted molar refractivity (Wildman–Crippen MR) is 41.7 cm³/mol. The van der Waals surface area contributed by atoms with Crippen LogP contribution < -0.4 is 0 Å². The molecule has 11 heavy (non-hydrogen) atoms. The molecule has 0 saturated heterocycles. The van der Waals surface area contributed by atoms with Crippen LogP contribution in [-0.2, 0) is 0 Å². The van der Waals surface area contributed by atoms with Crippen molar-refractivity contribution in [3.05, 3.63) is 35.2 Å². The molecule has 0 unspecified atom stereocenters. The van der Waals surface area contributed by atoms with E-state index < -0.39 is 11.6 Å². The van der Waals surface area contributed by atoms with Crippen molar-refractivity contribution >= 4 is 21.4 Å². The van der Waals surface area contributed by atoms with Crippen LogP contribution in [-0.4, -0.2) is 0 Å². The monoisotopic (exact) mass is 170 g/mol. The highest BCUT2D eigenvalue weighted by molar-refractivity contribution is 7.17. The number of halogens is 2. The Balaban J connectivity index is 2.91. The number of benzene rings is 1. The molecule has 3 heteroatoms. The summed E-state index contributed by atoms with van der Waals surface area (Å²) in [7, 11) is 0. The molecule has 0 amide bonds. The molecule has 1 aromatic carbocycles. The number of rotatable bonds is 0. The summed E-state index contributed by atoms with van der Waals surface area (Å²) in [6, 6.07) is 3.93. The maximum atomic E-state index is 12.9. The van der Waals surface area contributed by atoms with Crippen molar-refractivity contribution in [1.82, 2.24) is 0 Å². The van der Waals surface area contributed by atoms with Gasteiger partial charge in [-0.2, -0.15) is 0 Å². The molecule has 0 fully saturated rings. The van der Waals surface area contributed by atoms with Crippen molar-refractivity contribution in [2.45, 2.75) is 0 Å². The van der Waals surface area contributed by atoms with Gasteiger partial charge in [0.2, 0.25) is 0 Å². The highest BCUT2D eigenvalue weighted by Crippen LogP contribution is 2.24. The minimum atomic E-state index is -0.520. The Morgan fingerprint density at radius 2 is 2.00 bits per heavy atom. The molecule has 0 atom stereocenters. The van der Waals surface area contributed by atoms with Gasteiger partial charge in [-0.3, -0.25) is 0 Å². The maximum Gasteiger partial charge on any atom is 0.143 e. The van der Waals surface area contributed by atoms with E-state index in [4.69, 9.17) is 0 Å². The molecule has 0 saturated carbocycles. The smallest absolute Gasteiger partial charge is 0.143 e. The van der Waals surface area contributed by atoms with Crippen molar-refractivity contribution in [2.24, 2.45) is 0 Å². The molecule has 1 heterocycles. The average Bonchev–Trinajstić information content (AvgIpc) is 2.34. The summed E-state index contributed by atoms with van der Waals surface area (Å²) >= 11 is 1.28. The Morgan fingerprint density at radius 1 is 1.18 bits per heavy atom. The molecule has 0 aliphatic rings. The van der Waals surface area contributed by atoms with Gasteiger partial charge in [-0.25, -0.2) is 8.78 Å². The summed E-state index contributed by atoms with van der Waals surface area (Å²) in [6.45, 7) is 0. The minimum Gasteiger partial charge on any atom is -0.207 e. The van der Waals surface area contributed by atoms with Gasteiger partial charge in [0.25, 0.3) is 0 Å². The van der Waals surface area contributed by atoms with Crippen LogP contribution in [0.5, 0.6) is 0 Å². The third-order valence-electron chi connectivity index (χ3n) is 1.47. The molecule has 0 spiro atoms. The predicted octanol–water partition coefficient (Wildman–Crippen LogP) is 3.18. The van der Waals surface area contributed by atoms with Crippen LogP contribution in [0.15, 0.2) is 23.6 Å². The van der Waals surface area contributed by atoms with E-state index >= 15 is 0 Å². The van der Waals surface area contributed by atoms with E-state index in [-0.39, 0.29) is 0 Å². The second kappa shape index (κ2) is 2.27. The van der Waals surface area contributed by atoms with Crippen molar-refractivity contribution in [1.29, 1.82) is 0 Å². The van der Waals surface area contributed by atoms with Crippen molar-refractivity contribution in [3.63, 3.8) is 0 Å². The van der Waals surface area contributed by atoms with Crippen LogP contribution in [0.1, 0.15) is 0 Å². The Labute approximate surface area is 66.1 Å². The highest BCUT2D eigenvalue weighted by atomic mass is 32.1. The number of hydrogen-bond donors (Lipinski definition) is 0. The molecule has 0 bridgehead atoms. The number of thiophene rings is 1. The summed E-state index contributed by atoms with van der Waals surface area (Å²) in [6.07, 6.45) is 0. The molecule has 0 radical (unpaired) electrons. The molecule has 0 nitrogen and oxygen atoms in total. The van der Waals surface area contributed by atoms with Gasteiger partial charge in [-0.1, -0.05) is 0 Å². The molecule has 56 valence electrons. The molecule has 2 aromatic rings. The van der Waals surface area contributed by atoms with E-state index in [2.05, 4.69) is 0 Å². The first-order valence-corrected chi connectivity index (χ1v) is 3.97. The summed E-state index contributed by atoms with van der Waals surface area (Å²) in [5.74, 6) is -0.997. The Morgan fingerprint density at radius 3 is 2.82 bits per heavy atom. The normalized spacial score (nSPS) is 10.7. The first-order chi connectivity index (χ1) is 5.27. The van der Waals surface area contributed by atoms with Gasteiger partial charge in [0.1, 0.15) is 11.6 Å². The van der Waals surface area contributed by atoms with Gasteiger partial charge in [-0.15, -0.1) is 11.3 Å². The molecule has 2 rings (SSSR count). The summed E-state index contributed by atoms with van der Waals surface area (Å²) < 4.78 is 25.9. The molecule has 1 aromatic heterocycles. The molecule has 0 aliphatic carbocycles. The van der Waals surface area contributed by atoms with E-state index in [0.29, 0.717) is 10.1 Å². The highest BCUT2D eigenvalue weighted by Gasteiger charge is 2.03. The van der Waals surface area contributed by atoms with E-state index in [1.807, 2.05) is 0 Å². The zero-order chi connectivity index (χ0) is 7.84. The van der Waals surface area contributed by atoms with Gasteiger partial charge in [-0.05, 0) is 22.9 Å². The van der Waals surface area contributed by atoms with Crippen LogP contribution in [0, 0.1) is 11.6 Å². The quantitative estimate of drug-likeness (QED) is 0.569. The first-order valence-electron chi connectivity index (χ1n) is 3.09. The topological polar surface area (TPSA) is 0 Å². The summed E-state index contributed by atoms with van der Waals surface area (Å²) in [4.78, 5) is 0. The van der Waals surface area contributed by atoms with Gasteiger partial charge in [0.15, 0.2) is 0 Å². The second-order valence-corrected chi connectivity index (χ2v) is 3.14. The summed E-state index contributed by atoms with van der Waals surface area (Å²) in [5.41, 5.74) is 0. The lowest BCUT2D eigenvalue weighted by atomic mass is 10.2. The standard InChI is InChI=1S/C8H4F2S/c9-6-3-5-1-2-11-8(5)7(10)4-6/h1-4H. The summed E-state index contributed by atoms with van der Waals surface area (Å²) in [5, 5.41) is 2.38. The van der Waals surface area contributed by atoms with E-state index in [0.717, 1.165) is 6.07 Å². The fourth-order valence-corrected chi connectivity index (χ4v) is 1.79. The third-order valence-corrected chi connectivity index (χ3v) is 2.41. The van der Waals surface area contributed by atoms with Crippen molar-refractivity contribution < 1.29 is 8.78 Å².